The number of allylic oxidation sites excluding steroid dienone is 2. The fourth-order valence-electron chi connectivity index (χ4n) is 0. The average Bonchev–Trinajstić information content (AvgIpc) is 1.39. The van der Waals surface area contributed by atoms with Crippen molar-refractivity contribution in [2.24, 2.45) is 0 Å². The van der Waals surface area contributed by atoms with E-state index in [1.165, 1.54) is 12.2 Å². The van der Waals surface area contributed by atoms with Gasteiger partial charge in [0, 0.05) is 40.4 Å². The van der Waals surface area contributed by atoms with E-state index in [0.717, 1.165) is 0 Å². The maximum atomic E-state index is 3.25. The van der Waals surface area contributed by atoms with Crippen LogP contribution >= 0.6 is 0 Å². The molecule has 0 nitrogen and oxygen atoms in total. The molecule has 0 heterocycles. The van der Waals surface area contributed by atoms with Crippen LogP contribution < -0.4 is 0 Å². The van der Waals surface area contributed by atoms with E-state index in [1.807, 2.05) is 0 Å². The molecule has 0 radical (unpaired) electrons. The minimum atomic E-state index is 0. The summed E-state index contributed by atoms with van der Waals surface area (Å²) in [7, 11) is 0. The molecule has 0 rings (SSSR count). The van der Waals surface area contributed by atoms with Crippen LogP contribution in [0.1, 0.15) is 0 Å². The number of hydrogen-bond donors (Lipinski definition) is 0. The first-order chi connectivity index (χ1) is 2.83. The molecule has 0 amide bonds. The minimum Gasteiger partial charge on any atom is -0.245 e. The van der Waals surface area contributed by atoms with Crippen LogP contribution in [0.5, 0.6) is 0 Å². The maximum absolute atomic E-state index is 3.25. The molecule has 0 N–H and O–H groups in total. The van der Waals surface area contributed by atoms with Crippen LogP contribution in [0, 0.1) is 54.2 Å². The Balaban J connectivity index is -0.0000000400. The van der Waals surface area contributed by atoms with Gasteiger partial charge in [-0.15, -0.1) is 0 Å². The molecule has 0 spiro atoms. The van der Waals surface area contributed by atoms with Crippen molar-refractivity contribution in [2.75, 3.05) is 0 Å². The summed E-state index contributed by atoms with van der Waals surface area (Å²) in [5.41, 5.74) is 0. The van der Waals surface area contributed by atoms with Crippen molar-refractivity contribution in [3.8, 4) is 0 Å². The molecular formula is C6H10Sm-2. The Hall–Kier alpha value is 0.558. The van der Waals surface area contributed by atoms with Gasteiger partial charge in [-0.1, -0.05) is 0 Å². The summed E-state index contributed by atoms with van der Waals surface area (Å²) >= 11 is 0. The predicted octanol–water partition coefficient (Wildman–Crippen LogP) is 2.01. The maximum Gasteiger partial charge on any atom is 0 e. The van der Waals surface area contributed by atoms with Crippen molar-refractivity contribution in [3.63, 3.8) is 0 Å². The summed E-state index contributed by atoms with van der Waals surface area (Å²) in [6.07, 6.45) is 3.00. The molecular weight excluding hydrogens is 222 g/mol. The zero-order valence-corrected chi connectivity index (χ0v) is 7.01. The Morgan fingerprint density at radius 3 is 1.00 bits per heavy atom. The van der Waals surface area contributed by atoms with E-state index < -0.39 is 0 Å². The minimum absolute atomic E-state index is 0. The molecule has 0 unspecified atom stereocenters. The van der Waals surface area contributed by atoms with Crippen LogP contribution in [-0.2, 0) is 0 Å². The second-order valence-corrected chi connectivity index (χ2v) is 0.577. The summed E-state index contributed by atoms with van der Waals surface area (Å²) in [5, 5.41) is 0. The third-order valence-electron chi connectivity index (χ3n) is 0. The number of rotatable bonds is 0. The van der Waals surface area contributed by atoms with Gasteiger partial charge in [0.05, 0.1) is 0 Å². The second kappa shape index (κ2) is 31.0. The van der Waals surface area contributed by atoms with Crippen molar-refractivity contribution in [3.05, 3.63) is 39.2 Å². The summed E-state index contributed by atoms with van der Waals surface area (Å²) in [6, 6.07) is 0. The molecule has 0 bridgehead atoms. The van der Waals surface area contributed by atoms with Gasteiger partial charge in [-0.2, -0.15) is 0 Å². The summed E-state index contributed by atoms with van der Waals surface area (Å²) < 4.78 is 0. The summed E-state index contributed by atoms with van der Waals surface area (Å²) in [4.78, 5) is 0. The van der Waals surface area contributed by atoms with Gasteiger partial charge >= 0.3 is 0 Å². The topological polar surface area (TPSA) is 0 Å². The first-order valence-electron chi connectivity index (χ1n) is 1.63. The first-order valence-corrected chi connectivity index (χ1v) is 1.63. The van der Waals surface area contributed by atoms with Crippen LogP contribution in [0.25, 0.3) is 0 Å². The molecule has 0 aliphatic carbocycles. The Kier molecular flexibility index (Phi) is 69.2. The van der Waals surface area contributed by atoms with E-state index in [0.29, 0.717) is 0 Å². The van der Waals surface area contributed by atoms with E-state index in [4.69, 9.17) is 0 Å². The fourth-order valence-corrected chi connectivity index (χ4v) is 0. The monoisotopic (exact) mass is 234 g/mol. The predicted molar refractivity (Wildman–Crippen MR) is 31.1 cm³/mol. The van der Waals surface area contributed by atoms with Crippen molar-refractivity contribution in [1.82, 2.24) is 0 Å². The van der Waals surface area contributed by atoms with E-state index in [1.54, 1.807) is 0 Å². The standard InChI is InChI=1S/2C3H5.Sm/c2*1-3-2;/h2*3H,1-2H2;/q2*-1;. The zero-order valence-electron chi connectivity index (χ0n) is 4.39. The Labute approximate surface area is 78.8 Å². The van der Waals surface area contributed by atoms with Crippen LogP contribution in [0.4, 0.5) is 0 Å². The van der Waals surface area contributed by atoms with Gasteiger partial charge in [0.1, 0.15) is 0 Å². The first kappa shape index (κ1) is 15.6. The fraction of sp³-hybridized carbons (Fsp3) is 0. The average molecular weight is 233 g/mol. The van der Waals surface area contributed by atoms with Crippen molar-refractivity contribution in [1.29, 1.82) is 0 Å². The van der Waals surface area contributed by atoms with Crippen molar-refractivity contribution in [2.45, 2.75) is 0 Å². The van der Waals surface area contributed by atoms with Gasteiger partial charge in [0.2, 0.25) is 0 Å². The third-order valence-corrected chi connectivity index (χ3v) is 0. The van der Waals surface area contributed by atoms with Gasteiger partial charge in [-0.05, 0) is 0 Å². The largest absolute Gasteiger partial charge is 0.245 e. The zero-order chi connectivity index (χ0) is 5.41. The Bertz CT molecular complexity index is 25.2. The second-order valence-electron chi connectivity index (χ2n) is 0.577. The van der Waals surface area contributed by atoms with Crippen LogP contribution in [0.2, 0.25) is 0 Å². The normalized spacial score (nSPS) is 3.43. The van der Waals surface area contributed by atoms with Crippen molar-refractivity contribution < 1.29 is 40.4 Å². The SMILES string of the molecule is C=C[CH2-].C=C[CH2-].[Sm]. The van der Waals surface area contributed by atoms with Crippen LogP contribution in [-0.4, -0.2) is 0 Å². The molecule has 0 aromatic heterocycles. The van der Waals surface area contributed by atoms with Gasteiger partial charge < -0.3 is 0 Å². The quantitative estimate of drug-likeness (QED) is 0.561. The molecule has 7 heavy (non-hydrogen) atoms. The molecule has 0 aromatic rings. The van der Waals surface area contributed by atoms with Crippen LogP contribution in [0.3, 0.4) is 0 Å². The summed E-state index contributed by atoms with van der Waals surface area (Å²) in [5.74, 6) is 0. The van der Waals surface area contributed by atoms with Gasteiger partial charge in [0.15, 0.2) is 0 Å². The van der Waals surface area contributed by atoms with E-state index in [-0.39, 0.29) is 40.4 Å². The van der Waals surface area contributed by atoms with Crippen molar-refractivity contribution >= 4 is 0 Å². The van der Waals surface area contributed by atoms with Gasteiger partial charge in [0.25, 0.3) is 0 Å². The molecule has 1 heteroatoms. The molecule has 42 valence electrons. The van der Waals surface area contributed by atoms with E-state index in [9.17, 15) is 0 Å². The molecule has 0 aliphatic rings. The Morgan fingerprint density at radius 1 is 1.00 bits per heavy atom. The Morgan fingerprint density at radius 2 is 1.00 bits per heavy atom. The number of hydrogen-bond acceptors (Lipinski definition) is 0. The van der Waals surface area contributed by atoms with Gasteiger partial charge in [-0.25, -0.2) is 39.2 Å². The molecule has 0 aromatic carbocycles. The smallest absolute Gasteiger partial charge is 0 e. The molecule has 0 fully saturated rings. The van der Waals surface area contributed by atoms with E-state index in [2.05, 4.69) is 27.0 Å². The molecule has 0 aliphatic heterocycles. The molecule has 0 atom stereocenters. The van der Waals surface area contributed by atoms with Crippen LogP contribution in [0.15, 0.2) is 25.3 Å². The summed E-state index contributed by atoms with van der Waals surface area (Å²) in [6.45, 7) is 13.0. The third kappa shape index (κ3) is 438. The van der Waals surface area contributed by atoms with E-state index >= 15 is 0 Å². The van der Waals surface area contributed by atoms with Gasteiger partial charge in [-0.3, -0.25) is 0 Å². The molecule has 0 saturated heterocycles. The molecule has 0 saturated carbocycles.